The molecule has 0 aromatic carbocycles. The van der Waals surface area contributed by atoms with Gasteiger partial charge in [0.2, 0.25) is 0 Å². The van der Waals surface area contributed by atoms with Crippen LogP contribution in [-0.4, -0.2) is 32.6 Å². The van der Waals surface area contributed by atoms with E-state index in [1.807, 2.05) is 0 Å². The van der Waals surface area contributed by atoms with Crippen LogP contribution in [0.2, 0.25) is 0 Å². The summed E-state index contributed by atoms with van der Waals surface area (Å²) in [5.41, 5.74) is 0. The fourth-order valence-corrected chi connectivity index (χ4v) is 1.35. The molecule has 1 rings (SSSR count). The molecule has 4 nitrogen and oxygen atoms in total. The van der Waals surface area contributed by atoms with E-state index in [-0.39, 0.29) is 0 Å². The summed E-state index contributed by atoms with van der Waals surface area (Å²) in [6.45, 7) is 3.30. The van der Waals surface area contributed by atoms with E-state index in [9.17, 15) is 4.79 Å². The molecule has 0 atom stereocenters. The molecule has 0 N–H and O–H groups in total. The van der Waals surface area contributed by atoms with Gasteiger partial charge in [-0.3, -0.25) is 0 Å². The zero-order valence-electron chi connectivity index (χ0n) is 8.12. The average molecular weight is 188 g/mol. The summed E-state index contributed by atoms with van der Waals surface area (Å²) >= 11 is 0. The first-order chi connectivity index (χ1) is 6.27. The molecule has 1 aliphatic heterocycles. The summed E-state index contributed by atoms with van der Waals surface area (Å²) < 4.78 is 14.9. The third-order valence-electron chi connectivity index (χ3n) is 2.06. The predicted octanol–water partition coefficient (Wildman–Crippen LogP) is 0.949. The van der Waals surface area contributed by atoms with Crippen LogP contribution in [0.15, 0.2) is 0 Å². The lowest BCUT2D eigenvalue weighted by atomic mass is 10.1. The minimum Gasteiger partial charge on any atom is -0.465 e. The number of carbonyl (C=O) groups is 1. The fraction of sp³-hybridized carbons (Fsp3) is 0.889. The quantitative estimate of drug-likeness (QED) is 0.618. The van der Waals surface area contributed by atoms with Crippen molar-refractivity contribution < 1.29 is 19.0 Å². The Balaban J connectivity index is 2.26. The minimum atomic E-state index is -0.807. The number of esters is 1. The van der Waals surface area contributed by atoms with Crippen LogP contribution in [0, 0.1) is 5.92 Å². The van der Waals surface area contributed by atoms with Crippen molar-refractivity contribution in [2.75, 3.05) is 20.3 Å². The number of carbonyl (C=O) groups excluding carboxylic acids is 1. The van der Waals surface area contributed by atoms with E-state index in [0.717, 1.165) is 12.8 Å². The van der Waals surface area contributed by atoms with Crippen molar-refractivity contribution in [3.63, 3.8) is 0 Å². The average Bonchev–Trinajstić information content (AvgIpc) is 2.18. The SMILES string of the molecule is CCCC1COC(C(=O)OC)OC1. The molecular formula is C9H16O4. The molecule has 0 aromatic rings. The Hall–Kier alpha value is -0.610. The van der Waals surface area contributed by atoms with E-state index in [0.29, 0.717) is 19.1 Å². The number of methoxy groups -OCH3 is 1. The first-order valence-electron chi connectivity index (χ1n) is 4.59. The van der Waals surface area contributed by atoms with Gasteiger partial charge in [0, 0.05) is 5.92 Å². The molecule has 1 saturated heterocycles. The molecule has 0 bridgehead atoms. The molecule has 0 unspecified atom stereocenters. The highest BCUT2D eigenvalue weighted by Crippen LogP contribution is 2.16. The Morgan fingerprint density at radius 1 is 1.46 bits per heavy atom. The molecule has 13 heavy (non-hydrogen) atoms. The summed E-state index contributed by atoms with van der Waals surface area (Å²) in [5.74, 6) is -0.0270. The Labute approximate surface area is 78.2 Å². The van der Waals surface area contributed by atoms with Crippen molar-refractivity contribution in [1.29, 1.82) is 0 Å². The third-order valence-corrected chi connectivity index (χ3v) is 2.06. The van der Waals surface area contributed by atoms with Gasteiger partial charge in [0.15, 0.2) is 0 Å². The Bertz CT molecular complexity index is 161. The van der Waals surface area contributed by atoms with Gasteiger partial charge in [-0.1, -0.05) is 13.3 Å². The van der Waals surface area contributed by atoms with E-state index in [1.54, 1.807) is 0 Å². The van der Waals surface area contributed by atoms with Crippen LogP contribution in [0.3, 0.4) is 0 Å². The summed E-state index contributed by atoms with van der Waals surface area (Å²) in [7, 11) is 1.33. The maximum absolute atomic E-state index is 11.0. The van der Waals surface area contributed by atoms with Gasteiger partial charge >= 0.3 is 5.97 Å². The molecular weight excluding hydrogens is 172 g/mol. The Kier molecular flexibility index (Phi) is 4.18. The number of ether oxygens (including phenoxy) is 3. The monoisotopic (exact) mass is 188 g/mol. The number of hydrogen-bond acceptors (Lipinski definition) is 4. The van der Waals surface area contributed by atoms with Crippen LogP contribution in [0.4, 0.5) is 0 Å². The molecule has 1 heterocycles. The summed E-state index contributed by atoms with van der Waals surface area (Å²) in [4.78, 5) is 11.0. The molecule has 0 amide bonds. The van der Waals surface area contributed by atoms with Gasteiger partial charge in [-0.25, -0.2) is 4.79 Å². The fourth-order valence-electron chi connectivity index (χ4n) is 1.35. The van der Waals surface area contributed by atoms with Gasteiger partial charge in [0.05, 0.1) is 20.3 Å². The molecule has 4 heteroatoms. The van der Waals surface area contributed by atoms with E-state index in [1.165, 1.54) is 7.11 Å². The lowest BCUT2D eigenvalue weighted by Crippen LogP contribution is -2.37. The Morgan fingerprint density at radius 3 is 2.54 bits per heavy atom. The number of rotatable bonds is 3. The second kappa shape index (κ2) is 5.19. The normalized spacial score (nSPS) is 28.5. The first kappa shape index (κ1) is 10.5. The largest absolute Gasteiger partial charge is 0.465 e. The maximum Gasteiger partial charge on any atom is 0.363 e. The van der Waals surface area contributed by atoms with Crippen LogP contribution < -0.4 is 0 Å². The topological polar surface area (TPSA) is 44.8 Å². The molecule has 0 spiro atoms. The van der Waals surface area contributed by atoms with Crippen LogP contribution in [0.25, 0.3) is 0 Å². The first-order valence-corrected chi connectivity index (χ1v) is 4.59. The van der Waals surface area contributed by atoms with Gasteiger partial charge in [0.25, 0.3) is 6.29 Å². The van der Waals surface area contributed by atoms with Gasteiger partial charge in [-0.15, -0.1) is 0 Å². The summed E-state index contributed by atoms with van der Waals surface area (Å²) in [6.07, 6.45) is 1.38. The maximum atomic E-state index is 11.0. The lowest BCUT2D eigenvalue weighted by Gasteiger charge is -2.27. The smallest absolute Gasteiger partial charge is 0.363 e. The number of hydrogen-bond donors (Lipinski definition) is 0. The van der Waals surface area contributed by atoms with Crippen LogP contribution in [0.1, 0.15) is 19.8 Å². The molecule has 76 valence electrons. The third kappa shape index (κ3) is 2.97. The minimum absolute atomic E-state index is 0.422. The molecule has 1 fully saturated rings. The standard InChI is InChI=1S/C9H16O4/c1-3-4-7-5-12-9(13-6-7)8(10)11-2/h7,9H,3-6H2,1-2H3. The highest BCUT2D eigenvalue weighted by Gasteiger charge is 2.27. The zero-order valence-corrected chi connectivity index (χ0v) is 8.12. The molecule has 0 aliphatic carbocycles. The van der Waals surface area contributed by atoms with Crippen LogP contribution in [0.5, 0.6) is 0 Å². The summed E-state index contributed by atoms with van der Waals surface area (Å²) in [6, 6.07) is 0. The van der Waals surface area contributed by atoms with Crippen LogP contribution in [-0.2, 0) is 19.0 Å². The van der Waals surface area contributed by atoms with E-state index in [2.05, 4.69) is 11.7 Å². The van der Waals surface area contributed by atoms with Crippen molar-refractivity contribution in [3.8, 4) is 0 Å². The zero-order chi connectivity index (χ0) is 9.68. The highest BCUT2D eigenvalue weighted by atomic mass is 16.7. The molecule has 0 aromatic heterocycles. The second-order valence-electron chi connectivity index (χ2n) is 3.18. The summed E-state index contributed by atoms with van der Waals surface area (Å²) in [5, 5.41) is 0. The molecule has 0 radical (unpaired) electrons. The predicted molar refractivity (Wildman–Crippen MR) is 46.1 cm³/mol. The van der Waals surface area contributed by atoms with E-state index < -0.39 is 12.3 Å². The highest BCUT2D eigenvalue weighted by molar-refractivity contribution is 5.73. The van der Waals surface area contributed by atoms with Crippen molar-refractivity contribution >= 4 is 5.97 Å². The van der Waals surface area contributed by atoms with Gasteiger partial charge in [-0.2, -0.15) is 0 Å². The van der Waals surface area contributed by atoms with Crippen molar-refractivity contribution in [1.82, 2.24) is 0 Å². The lowest BCUT2D eigenvalue weighted by molar-refractivity contribution is -0.220. The Morgan fingerprint density at radius 2 is 2.08 bits per heavy atom. The van der Waals surface area contributed by atoms with Gasteiger partial charge < -0.3 is 14.2 Å². The van der Waals surface area contributed by atoms with Crippen molar-refractivity contribution in [3.05, 3.63) is 0 Å². The van der Waals surface area contributed by atoms with E-state index >= 15 is 0 Å². The van der Waals surface area contributed by atoms with Gasteiger partial charge in [0.1, 0.15) is 0 Å². The van der Waals surface area contributed by atoms with E-state index in [4.69, 9.17) is 9.47 Å². The molecule has 1 aliphatic rings. The second-order valence-corrected chi connectivity index (χ2v) is 3.18. The van der Waals surface area contributed by atoms with Crippen molar-refractivity contribution in [2.24, 2.45) is 5.92 Å². The van der Waals surface area contributed by atoms with Crippen molar-refractivity contribution in [2.45, 2.75) is 26.1 Å². The molecule has 0 saturated carbocycles. The van der Waals surface area contributed by atoms with Crippen LogP contribution >= 0.6 is 0 Å². The van der Waals surface area contributed by atoms with Gasteiger partial charge in [-0.05, 0) is 6.42 Å².